The summed E-state index contributed by atoms with van der Waals surface area (Å²) >= 11 is 0. The van der Waals surface area contributed by atoms with Crippen molar-refractivity contribution in [1.29, 1.82) is 0 Å². The van der Waals surface area contributed by atoms with Gasteiger partial charge in [-0.15, -0.1) is 0 Å². The Bertz CT molecular complexity index is 782. The molecule has 134 valence electrons. The summed E-state index contributed by atoms with van der Waals surface area (Å²) in [7, 11) is 0. The van der Waals surface area contributed by atoms with E-state index in [2.05, 4.69) is 17.4 Å². The maximum Gasteiger partial charge on any atom is 0.261 e. The second-order valence-corrected chi connectivity index (χ2v) is 6.55. The Labute approximate surface area is 153 Å². The number of aryl methyl sites for hydroxylation is 1. The smallest absolute Gasteiger partial charge is 0.261 e. The predicted molar refractivity (Wildman–Crippen MR) is 98.8 cm³/mol. The molecule has 2 aromatic rings. The van der Waals surface area contributed by atoms with Crippen LogP contribution in [0.5, 0.6) is 0 Å². The van der Waals surface area contributed by atoms with Crippen molar-refractivity contribution in [3.8, 4) is 0 Å². The normalized spacial score (nSPS) is 14.3. The quantitative estimate of drug-likeness (QED) is 0.781. The maximum absolute atomic E-state index is 12.3. The summed E-state index contributed by atoms with van der Waals surface area (Å²) in [5.41, 5.74) is 2.06. The van der Waals surface area contributed by atoms with Crippen molar-refractivity contribution in [1.82, 2.24) is 10.2 Å². The average molecular weight is 350 g/mol. The number of hydrogen-bond donors (Lipinski definition) is 1. The number of nitrogens with zero attached hydrogens (tertiary/aromatic N) is 1. The van der Waals surface area contributed by atoms with E-state index in [9.17, 15) is 14.4 Å². The van der Waals surface area contributed by atoms with Gasteiger partial charge in [0.2, 0.25) is 5.91 Å². The molecule has 2 aromatic carbocycles. The van der Waals surface area contributed by atoms with Crippen LogP contribution in [0.1, 0.15) is 46.0 Å². The average Bonchev–Trinajstić information content (AvgIpc) is 2.90. The van der Waals surface area contributed by atoms with E-state index in [0.29, 0.717) is 11.1 Å². The Morgan fingerprint density at radius 3 is 2.15 bits per heavy atom. The summed E-state index contributed by atoms with van der Waals surface area (Å²) in [6.07, 6.45) is 1.84. The standard InChI is InChI=1S/C21H22N2O3/c1-15(11-12-16-7-3-2-4-8-16)22-19(24)13-14-23-20(25)17-9-5-6-10-18(17)21(23)26/h2-10,15H,11-14H2,1H3,(H,22,24)/t15-/m0/s1. The molecule has 0 saturated heterocycles. The van der Waals surface area contributed by atoms with Gasteiger partial charge in [-0.1, -0.05) is 42.5 Å². The number of imide groups is 1. The van der Waals surface area contributed by atoms with Crippen molar-refractivity contribution in [2.75, 3.05) is 6.54 Å². The van der Waals surface area contributed by atoms with Crippen LogP contribution in [0.4, 0.5) is 0 Å². The van der Waals surface area contributed by atoms with Crippen LogP contribution >= 0.6 is 0 Å². The van der Waals surface area contributed by atoms with Gasteiger partial charge in [0.1, 0.15) is 0 Å². The molecular formula is C21H22N2O3. The van der Waals surface area contributed by atoms with Gasteiger partial charge in [-0.05, 0) is 37.5 Å². The Morgan fingerprint density at radius 2 is 1.54 bits per heavy atom. The van der Waals surface area contributed by atoms with E-state index in [1.54, 1.807) is 24.3 Å². The van der Waals surface area contributed by atoms with Crippen LogP contribution < -0.4 is 5.32 Å². The summed E-state index contributed by atoms with van der Waals surface area (Å²) < 4.78 is 0. The fourth-order valence-electron chi connectivity index (χ4n) is 3.10. The van der Waals surface area contributed by atoms with Crippen molar-refractivity contribution >= 4 is 17.7 Å². The fourth-order valence-corrected chi connectivity index (χ4v) is 3.10. The molecule has 0 fully saturated rings. The molecule has 1 heterocycles. The van der Waals surface area contributed by atoms with Gasteiger partial charge in [-0.3, -0.25) is 19.3 Å². The van der Waals surface area contributed by atoms with Crippen LogP contribution in [-0.2, 0) is 11.2 Å². The topological polar surface area (TPSA) is 66.5 Å². The minimum Gasteiger partial charge on any atom is -0.354 e. The third-order valence-electron chi connectivity index (χ3n) is 4.56. The fraction of sp³-hybridized carbons (Fsp3) is 0.286. The third kappa shape index (κ3) is 3.99. The van der Waals surface area contributed by atoms with Gasteiger partial charge in [0, 0.05) is 19.0 Å². The van der Waals surface area contributed by atoms with E-state index >= 15 is 0 Å². The molecule has 26 heavy (non-hydrogen) atoms. The minimum atomic E-state index is -0.324. The number of fused-ring (bicyclic) bond motifs is 1. The Hall–Kier alpha value is -2.95. The van der Waals surface area contributed by atoms with Crippen LogP contribution in [-0.4, -0.2) is 35.2 Å². The van der Waals surface area contributed by atoms with Crippen LogP contribution in [0, 0.1) is 0 Å². The first kappa shape index (κ1) is 17.9. The zero-order valence-corrected chi connectivity index (χ0v) is 14.8. The summed E-state index contributed by atoms with van der Waals surface area (Å²) in [4.78, 5) is 37.8. The molecule has 1 N–H and O–H groups in total. The van der Waals surface area contributed by atoms with Crippen LogP contribution in [0.25, 0.3) is 0 Å². The molecule has 1 atom stereocenters. The molecule has 0 radical (unpaired) electrons. The molecule has 0 spiro atoms. The van der Waals surface area contributed by atoms with Gasteiger partial charge in [-0.25, -0.2) is 0 Å². The van der Waals surface area contributed by atoms with Crippen molar-refractivity contribution in [2.24, 2.45) is 0 Å². The molecule has 0 unspecified atom stereocenters. The highest BCUT2D eigenvalue weighted by molar-refractivity contribution is 6.21. The molecule has 1 aliphatic rings. The van der Waals surface area contributed by atoms with Crippen LogP contribution in [0.15, 0.2) is 54.6 Å². The molecule has 0 aliphatic carbocycles. The van der Waals surface area contributed by atoms with E-state index in [1.807, 2.05) is 25.1 Å². The molecule has 1 aliphatic heterocycles. The lowest BCUT2D eigenvalue weighted by Crippen LogP contribution is -2.37. The lowest BCUT2D eigenvalue weighted by atomic mass is 10.1. The SMILES string of the molecule is C[C@@H](CCc1ccccc1)NC(=O)CCN1C(=O)c2ccccc2C1=O. The number of rotatable bonds is 7. The number of carbonyl (C=O) groups excluding carboxylic acids is 3. The first-order chi connectivity index (χ1) is 12.6. The maximum atomic E-state index is 12.3. The highest BCUT2D eigenvalue weighted by Crippen LogP contribution is 2.22. The molecule has 0 bridgehead atoms. The number of hydrogen-bond acceptors (Lipinski definition) is 3. The molecule has 5 nitrogen and oxygen atoms in total. The number of nitrogens with one attached hydrogen (secondary N) is 1. The van der Waals surface area contributed by atoms with Gasteiger partial charge >= 0.3 is 0 Å². The van der Waals surface area contributed by atoms with Crippen LogP contribution in [0.3, 0.4) is 0 Å². The van der Waals surface area contributed by atoms with Crippen molar-refractivity contribution < 1.29 is 14.4 Å². The van der Waals surface area contributed by atoms with E-state index < -0.39 is 0 Å². The highest BCUT2D eigenvalue weighted by Gasteiger charge is 2.34. The summed E-state index contributed by atoms with van der Waals surface area (Å²) in [6, 6.07) is 16.9. The first-order valence-corrected chi connectivity index (χ1v) is 8.85. The van der Waals surface area contributed by atoms with E-state index in [0.717, 1.165) is 17.7 Å². The Kier molecular flexibility index (Phi) is 5.46. The molecule has 3 rings (SSSR count). The second-order valence-electron chi connectivity index (χ2n) is 6.55. The minimum absolute atomic E-state index is 0.0323. The lowest BCUT2D eigenvalue weighted by Gasteiger charge is -2.16. The zero-order chi connectivity index (χ0) is 18.5. The first-order valence-electron chi connectivity index (χ1n) is 8.85. The molecule has 0 aromatic heterocycles. The molecule has 0 saturated carbocycles. The molecule has 5 heteroatoms. The van der Waals surface area contributed by atoms with Crippen molar-refractivity contribution in [3.63, 3.8) is 0 Å². The van der Waals surface area contributed by atoms with Crippen molar-refractivity contribution in [3.05, 3.63) is 71.3 Å². The van der Waals surface area contributed by atoms with Gasteiger partial charge in [0.05, 0.1) is 11.1 Å². The van der Waals surface area contributed by atoms with Gasteiger partial charge in [-0.2, -0.15) is 0 Å². The predicted octanol–water partition coefficient (Wildman–Crippen LogP) is 2.81. The number of carbonyl (C=O) groups is 3. The number of benzene rings is 2. The van der Waals surface area contributed by atoms with Gasteiger partial charge in [0.25, 0.3) is 11.8 Å². The van der Waals surface area contributed by atoms with E-state index in [4.69, 9.17) is 0 Å². The van der Waals surface area contributed by atoms with E-state index in [1.165, 1.54) is 5.56 Å². The Balaban J connectivity index is 1.46. The molecular weight excluding hydrogens is 328 g/mol. The Morgan fingerprint density at radius 1 is 0.962 bits per heavy atom. The van der Waals surface area contributed by atoms with Gasteiger partial charge < -0.3 is 5.32 Å². The highest BCUT2D eigenvalue weighted by atomic mass is 16.2. The lowest BCUT2D eigenvalue weighted by molar-refractivity contribution is -0.121. The summed E-state index contributed by atoms with van der Waals surface area (Å²) in [6.45, 7) is 2.06. The third-order valence-corrected chi connectivity index (χ3v) is 4.56. The summed E-state index contributed by atoms with van der Waals surface area (Å²) in [5, 5.41) is 2.94. The van der Waals surface area contributed by atoms with Crippen LogP contribution in [0.2, 0.25) is 0 Å². The van der Waals surface area contributed by atoms with Gasteiger partial charge in [0.15, 0.2) is 0 Å². The largest absolute Gasteiger partial charge is 0.354 e. The number of amides is 3. The zero-order valence-electron chi connectivity index (χ0n) is 14.8. The second kappa shape index (κ2) is 7.95. The molecule has 3 amide bonds. The summed E-state index contributed by atoms with van der Waals surface area (Å²) in [5.74, 6) is -0.798. The monoisotopic (exact) mass is 350 g/mol. The van der Waals surface area contributed by atoms with Crippen molar-refractivity contribution in [2.45, 2.75) is 32.2 Å². The van der Waals surface area contributed by atoms with E-state index in [-0.39, 0.29) is 36.7 Å².